The molecule has 4 aliphatic rings. The highest BCUT2D eigenvalue weighted by Gasteiger charge is 2.60. The molecule has 0 radical (unpaired) electrons. The molecule has 4 fully saturated rings. The number of nitroso groups, excluding NO2 is 1. The minimum atomic E-state index is -0.0447. The van der Waals surface area contributed by atoms with Gasteiger partial charge in [0, 0.05) is 0 Å². The average Bonchev–Trinajstić information content (AvgIpc) is 2.92. The number of nitrogens with zero attached hydrogens (tertiary/aromatic N) is 1. The maximum Gasteiger partial charge on any atom is 0.0894 e. The fourth-order valence-corrected chi connectivity index (χ4v) is 8.19. The van der Waals surface area contributed by atoms with Crippen molar-refractivity contribution in [2.45, 2.75) is 97.1 Å². The lowest BCUT2D eigenvalue weighted by Crippen LogP contribution is -2.54. The van der Waals surface area contributed by atoms with Crippen molar-refractivity contribution in [3.8, 4) is 0 Å². The summed E-state index contributed by atoms with van der Waals surface area (Å²) in [6, 6.07) is -0.0219. The van der Waals surface area contributed by atoms with Gasteiger partial charge in [-0.05, 0) is 112 Å². The first-order valence-corrected chi connectivity index (χ1v) is 10.9. The van der Waals surface area contributed by atoms with Crippen molar-refractivity contribution in [3.63, 3.8) is 0 Å². The largest absolute Gasteiger partial charge is 0.393 e. The van der Waals surface area contributed by atoms with Crippen LogP contribution in [0.25, 0.3) is 0 Å². The van der Waals surface area contributed by atoms with E-state index in [-0.39, 0.29) is 12.1 Å². The van der Waals surface area contributed by atoms with Gasteiger partial charge in [-0.3, -0.25) is 0 Å². The Kier molecular flexibility index (Phi) is 4.54. The average molecular weight is 348 g/mol. The van der Waals surface area contributed by atoms with Crippen molar-refractivity contribution in [2.24, 2.45) is 45.6 Å². The van der Waals surface area contributed by atoms with Crippen LogP contribution < -0.4 is 0 Å². The van der Waals surface area contributed by atoms with Crippen LogP contribution in [-0.4, -0.2) is 17.3 Å². The maximum atomic E-state index is 10.9. The van der Waals surface area contributed by atoms with E-state index in [4.69, 9.17) is 0 Å². The molecule has 0 aromatic carbocycles. The second-order valence-corrected chi connectivity index (χ2v) is 10.6. The van der Waals surface area contributed by atoms with Crippen molar-refractivity contribution in [1.82, 2.24) is 0 Å². The molecule has 0 aromatic heterocycles. The third kappa shape index (κ3) is 2.71. The first-order chi connectivity index (χ1) is 11.9. The zero-order valence-corrected chi connectivity index (χ0v) is 16.4. The Morgan fingerprint density at radius 3 is 2.48 bits per heavy atom. The fourth-order valence-electron chi connectivity index (χ4n) is 8.19. The van der Waals surface area contributed by atoms with E-state index in [1.807, 2.05) is 6.92 Å². The van der Waals surface area contributed by atoms with Gasteiger partial charge in [0.1, 0.15) is 0 Å². The molecular weight excluding hydrogens is 310 g/mol. The summed E-state index contributed by atoms with van der Waals surface area (Å²) in [5.41, 5.74) is 0.913. The van der Waals surface area contributed by atoms with Crippen LogP contribution in [-0.2, 0) is 0 Å². The van der Waals surface area contributed by atoms with Gasteiger partial charge in [0.25, 0.3) is 0 Å². The molecule has 3 heteroatoms. The van der Waals surface area contributed by atoms with Gasteiger partial charge in [-0.25, -0.2) is 0 Å². The second-order valence-electron chi connectivity index (χ2n) is 10.6. The standard InChI is InChI=1S/C22H37NO2/c1-14(23-25)12-15-5-7-19-18-6-4-16-13-17(24)8-10-21(16,2)20(18)9-11-22(15,19)3/h14-20,24H,4-13H2,1-3H3/t14?,15?,16?,17?,18-,19-,20+,21-,22+/m0/s1. The molecule has 4 rings (SSSR count). The molecule has 1 N–H and O–H groups in total. The van der Waals surface area contributed by atoms with E-state index in [0.29, 0.717) is 16.7 Å². The lowest BCUT2D eigenvalue weighted by molar-refractivity contribution is -0.127. The summed E-state index contributed by atoms with van der Waals surface area (Å²) in [6.07, 6.45) is 12.4. The molecule has 0 amide bonds. The normalized spacial score (nSPS) is 53.4. The number of hydrogen-bond donors (Lipinski definition) is 1. The van der Waals surface area contributed by atoms with Crippen LogP contribution in [0, 0.1) is 45.3 Å². The summed E-state index contributed by atoms with van der Waals surface area (Å²) in [6.45, 7) is 7.10. The monoisotopic (exact) mass is 347 g/mol. The van der Waals surface area contributed by atoms with E-state index in [1.54, 1.807) is 0 Å². The number of hydrogen-bond acceptors (Lipinski definition) is 3. The third-order valence-electron chi connectivity index (χ3n) is 9.64. The molecule has 0 spiro atoms. The summed E-state index contributed by atoms with van der Waals surface area (Å²) in [7, 11) is 0. The highest BCUT2D eigenvalue weighted by atomic mass is 16.3. The summed E-state index contributed by atoms with van der Waals surface area (Å²) in [5.74, 6) is 4.07. The van der Waals surface area contributed by atoms with E-state index in [1.165, 1.54) is 44.9 Å². The van der Waals surface area contributed by atoms with Crippen molar-refractivity contribution < 1.29 is 5.11 Å². The van der Waals surface area contributed by atoms with Crippen LogP contribution in [0.3, 0.4) is 0 Å². The molecule has 25 heavy (non-hydrogen) atoms. The van der Waals surface area contributed by atoms with Crippen molar-refractivity contribution >= 4 is 0 Å². The lowest BCUT2D eigenvalue weighted by Gasteiger charge is -2.61. The summed E-state index contributed by atoms with van der Waals surface area (Å²) >= 11 is 0. The molecule has 0 aromatic rings. The third-order valence-corrected chi connectivity index (χ3v) is 9.64. The molecule has 9 atom stereocenters. The minimum Gasteiger partial charge on any atom is -0.393 e. The van der Waals surface area contributed by atoms with Gasteiger partial charge in [0.05, 0.1) is 12.1 Å². The highest BCUT2D eigenvalue weighted by Crippen LogP contribution is 2.67. The van der Waals surface area contributed by atoms with E-state index in [9.17, 15) is 10.0 Å². The smallest absolute Gasteiger partial charge is 0.0894 e. The Morgan fingerprint density at radius 1 is 1.00 bits per heavy atom. The molecule has 4 saturated carbocycles. The first-order valence-electron chi connectivity index (χ1n) is 10.9. The molecule has 4 aliphatic carbocycles. The minimum absolute atomic E-state index is 0.0219. The van der Waals surface area contributed by atoms with Crippen LogP contribution in [0.1, 0.15) is 85.0 Å². The summed E-state index contributed by atoms with van der Waals surface area (Å²) in [5, 5.41) is 13.5. The van der Waals surface area contributed by atoms with Gasteiger partial charge in [0.2, 0.25) is 0 Å². The Labute approximate surface area is 153 Å². The zero-order valence-electron chi connectivity index (χ0n) is 16.4. The number of aliphatic hydroxyl groups excluding tert-OH is 1. The van der Waals surface area contributed by atoms with Crippen LogP contribution in [0.4, 0.5) is 0 Å². The predicted molar refractivity (Wildman–Crippen MR) is 101 cm³/mol. The highest BCUT2D eigenvalue weighted by molar-refractivity contribution is 5.09. The van der Waals surface area contributed by atoms with Gasteiger partial charge in [-0.2, -0.15) is 4.91 Å². The molecule has 0 aliphatic heterocycles. The SMILES string of the molecule is CC(CC1CC[C@H]2[C@@H]3CCC4CC(O)CC[C@]4(C)[C@@H]3CC[C@]12C)N=O. The summed E-state index contributed by atoms with van der Waals surface area (Å²) < 4.78 is 0. The van der Waals surface area contributed by atoms with E-state index >= 15 is 0 Å². The second kappa shape index (κ2) is 6.32. The van der Waals surface area contributed by atoms with E-state index in [2.05, 4.69) is 19.0 Å². The summed E-state index contributed by atoms with van der Waals surface area (Å²) in [4.78, 5) is 10.9. The van der Waals surface area contributed by atoms with Crippen LogP contribution in [0.2, 0.25) is 0 Å². The first kappa shape index (κ1) is 17.9. The van der Waals surface area contributed by atoms with Gasteiger partial charge in [-0.15, -0.1) is 0 Å². The predicted octanol–water partition coefficient (Wildman–Crippen LogP) is 5.55. The molecule has 0 saturated heterocycles. The topological polar surface area (TPSA) is 49.7 Å². The Balaban J connectivity index is 1.55. The molecule has 0 bridgehead atoms. The molecule has 0 heterocycles. The van der Waals surface area contributed by atoms with Crippen molar-refractivity contribution in [3.05, 3.63) is 4.91 Å². The quantitative estimate of drug-likeness (QED) is 0.680. The number of aliphatic hydroxyl groups is 1. The number of rotatable bonds is 3. The fraction of sp³-hybridized carbons (Fsp3) is 1.00. The lowest BCUT2D eigenvalue weighted by atomic mass is 9.44. The molecule has 4 unspecified atom stereocenters. The Morgan fingerprint density at radius 2 is 1.72 bits per heavy atom. The van der Waals surface area contributed by atoms with Crippen molar-refractivity contribution in [2.75, 3.05) is 0 Å². The Bertz CT molecular complexity index is 522. The van der Waals surface area contributed by atoms with Crippen LogP contribution in [0.15, 0.2) is 5.18 Å². The van der Waals surface area contributed by atoms with Gasteiger partial charge in [0.15, 0.2) is 0 Å². The van der Waals surface area contributed by atoms with E-state index in [0.717, 1.165) is 42.9 Å². The zero-order chi connectivity index (χ0) is 17.8. The van der Waals surface area contributed by atoms with Crippen LogP contribution in [0.5, 0.6) is 0 Å². The number of fused-ring (bicyclic) bond motifs is 5. The van der Waals surface area contributed by atoms with Gasteiger partial charge in [-0.1, -0.05) is 19.0 Å². The molecule has 3 nitrogen and oxygen atoms in total. The molecule has 142 valence electrons. The van der Waals surface area contributed by atoms with E-state index < -0.39 is 0 Å². The molecular formula is C22H37NO2. The van der Waals surface area contributed by atoms with Gasteiger partial charge >= 0.3 is 0 Å². The maximum absolute atomic E-state index is 10.9. The van der Waals surface area contributed by atoms with Crippen molar-refractivity contribution in [1.29, 1.82) is 0 Å². The van der Waals surface area contributed by atoms with Crippen LogP contribution >= 0.6 is 0 Å². The Hall–Kier alpha value is -0.440. The van der Waals surface area contributed by atoms with Gasteiger partial charge < -0.3 is 5.11 Å².